The first-order valence-electron chi connectivity index (χ1n) is 8.68. The number of fused-ring (bicyclic) bond motifs is 1. The van der Waals surface area contributed by atoms with Crippen LogP contribution in [0.3, 0.4) is 0 Å². The topological polar surface area (TPSA) is 88.4 Å². The zero-order chi connectivity index (χ0) is 18.8. The van der Waals surface area contributed by atoms with Crippen molar-refractivity contribution in [3.05, 3.63) is 59.7 Å². The van der Waals surface area contributed by atoms with E-state index in [1.165, 1.54) is 5.01 Å². The van der Waals surface area contributed by atoms with Gasteiger partial charge in [-0.05, 0) is 23.3 Å². The minimum atomic E-state index is -1.01. The molecule has 0 unspecified atom stereocenters. The SMILES string of the molecule is O=C(O)CCC(=O)N1N=C(c2ccccc2)C[C@@H]1c1ccc2c(c1)OCO2. The first-order chi connectivity index (χ1) is 13.1. The highest BCUT2D eigenvalue weighted by Crippen LogP contribution is 2.39. The number of aliphatic carboxylic acids is 1. The minimum Gasteiger partial charge on any atom is -0.481 e. The lowest BCUT2D eigenvalue weighted by molar-refractivity contribution is -0.141. The normalized spacial score (nSPS) is 17.7. The van der Waals surface area contributed by atoms with Crippen LogP contribution < -0.4 is 9.47 Å². The maximum atomic E-state index is 12.6. The van der Waals surface area contributed by atoms with Gasteiger partial charge >= 0.3 is 5.97 Å². The van der Waals surface area contributed by atoms with Gasteiger partial charge in [-0.25, -0.2) is 5.01 Å². The van der Waals surface area contributed by atoms with E-state index in [0.29, 0.717) is 17.9 Å². The summed E-state index contributed by atoms with van der Waals surface area (Å²) in [4.78, 5) is 23.5. The van der Waals surface area contributed by atoms with E-state index in [2.05, 4.69) is 5.10 Å². The number of hydrogen-bond acceptors (Lipinski definition) is 5. The number of amides is 1. The average molecular weight is 366 g/mol. The summed E-state index contributed by atoms with van der Waals surface area (Å²) in [6, 6.07) is 14.9. The second kappa shape index (κ2) is 7.11. The van der Waals surface area contributed by atoms with Gasteiger partial charge in [0.1, 0.15) is 0 Å². The molecule has 0 saturated heterocycles. The third-order valence-electron chi connectivity index (χ3n) is 4.61. The molecule has 2 aliphatic heterocycles. The van der Waals surface area contributed by atoms with Crippen LogP contribution in [0.5, 0.6) is 11.5 Å². The van der Waals surface area contributed by atoms with E-state index in [0.717, 1.165) is 16.8 Å². The quantitative estimate of drug-likeness (QED) is 0.879. The van der Waals surface area contributed by atoms with E-state index in [1.807, 2.05) is 48.5 Å². The Morgan fingerprint density at radius 2 is 1.85 bits per heavy atom. The number of carbonyl (C=O) groups is 2. The van der Waals surface area contributed by atoms with Crippen LogP contribution in [0.1, 0.15) is 36.4 Å². The van der Waals surface area contributed by atoms with Crippen LogP contribution in [0, 0.1) is 0 Å². The largest absolute Gasteiger partial charge is 0.481 e. The number of ether oxygens (including phenoxy) is 2. The monoisotopic (exact) mass is 366 g/mol. The van der Waals surface area contributed by atoms with E-state index in [4.69, 9.17) is 14.6 Å². The van der Waals surface area contributed by atoms with Crippen LogP contribution in [0.2, 0.25) is 0 Å². The molecule has 0 aromatic heterocycles. The zero-order valence-corrected chi connectivity index (χ0v) is 14.5. The van der Waals surface area contributed by atoms with Crippen LogP contribution in [-0.4, -0.2) is 34.5 Å². The first-order valence-corrected chi connectivity index (χ1v) is 8.68. The second-order valence-corrected chi connectivity index (χ2v) is 6.38. The van der Waals surface area contributed by atoms with Gasteiger partial charge in [0.25, 0.3) is 0 Å². The fraction of sp³-hybridized carbons (Fsp3) is 0.250. The molecule has 7 nitrogen and oxygen atoms in total. The number of benzene rings is 2. The molecule has 0 fully saturated rings. The Kier molecular flexibility index (Phi) is 4.50. The third kappa shape index (κ3) is 3.48. The van der Waals surface area contributed by atoms with Crippen molar-refractivity contribution in [1.29, 1.82) is 0 Å². The summed E-state index contributed by atoms with van der Waals surface area (Å²) in [6.45, 7) is 0.177. The number of nitrogens with zero attached hydrogens (tertiary/aromatic N) is 2. The van der Waals surface area contributed by atoms with Gasteiger partial charge in [-0.3, -0.25) is 9.59 Å². The molecule has 0 bridgehead atoms. The van der Waals surface area contributed by atoms with Gasteiger partial charge < -0.3 is 14.6 Å². The Hall–Kier alpha value is -3.35. The van der Waals surface area contributed by atoms with Crippen molar-refractivity contribution >= 4 is 17.6 Å². The standard InChI is InChI=1S/C20H18N2O5/c23-19(8-9-20(24)25)22-16(11-15(21-22)13-4-2-1-3-5-13)14-6-7-17-18(10-14)27-12-26-17/h1-7,10,16H,8-9,11-12H2,(H,24,25)/t16-/m1/s1. The van der Waals surface area contributed by atoms with Crippen molar-refractivity contribution in [1.82, 2.24) is 5.01 Å². The number of carbonyl (C=O) groups excluding carboxylic acids is 1. The Balaban J connectivity index is 1.64. The number of carboxylic acids is 1. The van der Waals surface area contributed by atoms with Gasteiger partial charge in [-0.15, -0.1) is 0 Å². The van der Waals surface area contributed by atoms with Gasteiger partial charge in [0.05, 0.1) is 18.2 Å². The molecule has 138 valence electrons. The van der Waals surface area contributed by atoms with Crippen molar-refractivity contribution < 1.29 is 24.2 Å². The van der Waals surface area contributed by atoms with Crippen molar-refractivity contribution in [2.24, 2.45) is 5.10 Å². The Bertz CT molecular complexity index is 910. The third-order valence-corrected chi connectivity index (χ3v) is 4.61. The molecular formula is C20H18N2O5. The van der Waals surface area contributed by atoms with Crippen LogP contribution in [0.25, 0.3) is 0 Å². The highest BCUT2D eigenvalue weighted by molar-refractivity contribution is 6.03. The lowest BCUT2D eigenvalue weighted by atomic mass is 9.98. The summed E-state index contributed by atoms with van der Waals surface area (Å²) in [7, 11) is 0. The molecule has 7 heteroatoms. The summed E-state index contributed by atoms with van der Waals surface area (Å²) in [6.07, 6.45) is 0.226. The van der Waals surface area contributed by atoms with E-state index in [1.54, 1.807) is 0 Å². The smallest absolute Gasteiger partial charge is 0.303 e. The predicted molar refractivity (Wildman–Crippen MR) is 96.6 cm³/mol. The second-order valence-electron chi connectivity index (χ2n) is 6.38. The van der Waals surface area contributed by atoms with E-state index in [9.17, 15) is 9.59 Å². The fourth-order valence-electron chi connectivity index (χ4n) is 3.25. The van der Waals surface area contributed by atoms with Crippen molar-refractivity contribution in [3.8, 4) is 11.5 Å². The highest BCUT2D eigenvalue weighted by atomic mass is 16.7. The summed E-state index contributed by atoms with van der Waals surface area (Å²) >= 11 is 0. The van der Waals surface area contributed by atoms with E-state index >= 15 is 0 Å². The highest BCUT2D eigenvalue weighted by Gasteiger charge is 2.34. The summed E-state index contributed by atoms with van der Waals surface area (Å²) in [5.41, 5.74) is 2.61. The van der Waals surface area contributed by atoms with Crippen LogP contribution in [0.15, 0.2) is 53.6 Å². The molecule has 0 radical (unpaired) electrons. The molecule has 4 rings (SSSR count). The molecule has 1 amide bonds. The lowest BCUT2D eigenvalue weighted by Gasteiger charge is -2.22. The molecule has 2 aromatic carbocycles. The maximum absolute atomic E-state index is 12.6. The predicted octanol–water partition coefficient (Wildman–Crippen LogP) is 2.96. The van der Waals surface area contributed by atoms with Crippen LogP contribution in [-0.2, 0) is 9.59 Å². The van der Waals surface area contributed by atoms with Gasteiger partial charge in [0, 0.05) is 12.8 Å². The van der Waals surface area contributed by atoms with Crippen molar-refractivity contribution in [3.63, 3.8) is 0 Å². The first kappa shape index (κ1) is 17.1. The molecule has 0 spiro atoms. The van der Waals surface area contributed by atoms with Gasteiger partial charge in [-0.2, -0.15) is 5.10 Å². The molecule has 27 heavy (non-hydrogen) atoms. The lowest BCUT2D eigenvalue weighted by Crippen LogP contribution is -2.27. The molecule has 1 N–H and O–H groups in total. The molecule has 1 atom stereocenters. The van der Waals surface area contributed by atoms with Crippen LogP contribution in [0.4, 0.5) is 0 Å². The van der Waals surface area contributed by atoms with E-state index < -0.39 is 5.97 Å². The molecule has 0 aliphatic carbocycles. The minimum absolute atomic E-state index is 0.0953. The molecule has 2 aromatic rings. The Labute approximate surface area is 155 Å². The van der Waals surface area contributed by atoms with E-state index in [-0.39, 0.29) is 31.6 Å². The Morgan fingerprint density at radius 3 is 2.63 bits per heavy atom. The number of hydrazone groups is 1. The summed E-state index contributed by atoms with van der Waals surface area (Å²) < 4.78 is 10.8. The summed E-state index contributed by atoms with van der Waals surface area (Å²) in [5, 5.41) is 14.8. The van der Waals surface area contributed by atoms with Gasteiger partial charge in [0.2, 0.25) is 12.7 Å². The fourth-order valence-corrected chi connectivity index (χ4v) is 3.25. The average Bonchev–Trinajstić information content (AvgIpc) is 3.33. The van der Waals surface area contributed by atoms with Gasteiger partial charge in [0.15, 0.2) is 11.5 Å². The maximum Gasteiger partial charge on any atom is 0.303 e. The van der Waals surface area contributed by atoms with Gasteiger partial charge in [-0.1, -0.05) is 36.4 Å². The van der Waals surface area contributed by atoms with Crippen LogP contribution >= 0.6 is 0 Å². The number of rotatable bonds is 5. The molecule has 2 heterocycles. The Morgan fingerprint density at radius 1 is 1.07 bits per heavy atom. The molecule has 0 saturated carbocycles. The molecular weight excluding hydrogens is 348 g/mol. The zero-order valence-electron chi connectivity index (χ0n) is 14.5. The number of carboxylic acid groups (broad SMARTS) is 1. The van der Waals surface area contributed by atoms with Crippen molar-refractivity contribution in [2.45, 2.75) is 25.3 Å². The molecule has 2 aliphatic rings. The number of hydrogen-bond donors (Lipinski definition) is 1. The van der Waals surface area contributed by atoms with Crippen molar-refractivity contribution in [2.75, 3.05) is 6.79 Å². The summed E-state index contributed by atoms with van der Waals surface area (Å²) in [5.74, 6) is -0.0104.